The van der Waals surface area contributed by atoms with Crippen LogP contribution in [0.15, 0.2) is 28.0 Å². The summed E-state index contributed by atoms with van der Waals surface area (Å²) in [6.45, 7) is 10.5. The zero-order chi connectivity index (χ0) is 18.3. The van der Waals surface area contributed by atoms with E-state index in [-0.39, 0.29) is 29.4 Å². The largest absolute Gasteiger partial charge is 0.443 e. The van der Waals surface area contributed by atoms with E-state index in [0.29, 0.717) is 12.4 Å². The number of nitrogens with zero attached hydrogens (tertiary/aromatic N) is 4. The Morgan fingerprint density at radius 2 is 2.04 bits per heavy atom. The zero-order valence-corrected chi connectivity index (χ0v) is 18.7. The number of halogens is 1. The predicted octanol–water partition coefficient (Wildman–Crippen LogP) is 3.01. The van der Waals surface area contributed by atoms with E-state index in [1.54, 1.807) is 6.20 Å². The highest BCUT2D eigenvalue weighted by atomic mass is 127. The van der Waals surface area contributed by atoms with Gasteiger partial charge in [0.25, 0.3) is 0 Å². The Balaban J connectivity index is 0.00000338. The van der Waals surface area contributed by atoms with Crippen molar-refractivity contribution in [3.8, 4) is 0 Å². The van der Waals surface area contributed by atoms with Crippen LogP contribution in [0.4, 0.5) is 0 Å². The van der Waals surface area contributed by atoms with E-state index in [9.17, 15) is 0 Å². The minimum Gasteiger partial charge on any atom is -0.443 e. The Hall–Kier alpha value is -1.58. The Morgan fingerprint density at radius 3 is 2.62 bits per heavy atom. The molecule has 0 spiro atoms. The van der Waals surface area contributed by atoms with Crippen LogP contribution < -0.4 is 10.6 Å². The predicted molar refractivity (Wildman–Crippen MR) is 115 cm³/mol. The minimum atomic E-state index is -0.0377. The number of hydrogen-bond donors (Lipinski definition) is 2. The van der Waals surface area contributed by atoms with E-state index in [1.807, 2.05) is 17.9 Å². The molecule has 2 aromatic heterocycles. The molecule has 0 aromatic carbocycles. The van der Waals surface area contributed by atoms with Gasteiger partial charge in [0.1, 0.15) is 12.3 Å². The lowest BCUT2D eigenvalue weighted by Gasteiger charge is -2.13. The maximum Gasteiger partial charge on any atom is 0.216 e. The molecule has 2 rings (SSSR count). The van der Waals surface area contributed by atoms with Gasteiger partial charge in [0.05, 0.1) is 12.4 Å². The van der Waals surface area contributed by atoms with Gasteiger partial charge in [-0.25, -0.2) is 9.98 Å². The topological polar surface area (TPSA) is 80.3 Å². The van der Waals surface area contributed by atoms with Crippen LogP contribution >= 0.6 is 24.0 Å². The van der Waals surface area contributed by atoms with Crippen LogP contribution in [-0.4, -0.2) is 33.8 Å². The standard InChI is InChI=1S/C18H30N6O.HI/c1-6-19-17(20-9-7-8-14-10-23-24(5)13-14)22-12-16-21-11-15(25-16)18(2,3)4;/h10-11,13H,6-9,12H2,1-5H3,(H2,19,20,22);1H. The summed E-state index contributed by atoms with van der Waals surface area (Å²) in [5.74, 6) is 2.30. The van der Waals surface area contributed by atoms with Gasteiger partial charge < -0.3 is 15.1 Å². The number of guanidine groups is 1. The van der Waals surface area contributed by atoms with Crippen LogP contribution in [0.1, 0.15) is 51.3 Å². The lowest BCUT2D eigenvalue weighted by Crippen LogP contribution is -2.37. The van der Waals surface area contributed by atoms with Gasteiger partial charge in [0.15, 0.2) is 5.96 Å². The van der Waals surface area contributed by atoms with Gasteiger partial charge in [-0.15, -0.1) is 24.0 Å². The molecule has 2 heterocycles. The second kappa shape index (κ2) is 10.5. The monoisotopic (exact) mass is 474 g/mol. The van der Waals surface area contributed by atoms with E-state index in [4.69, 9.17) is 4.42 Å². The van der Waals surface area contributed by atoms with Crippen molar-refractivity contribution in [3.05, 3.63) is 35.8 Å². The number of aryl methyl sites for hydroxylation is 2. The third-order valence-corrected chi connectivity index (χ3v) is 3.70. The maximum absolute atomic E-state index is 5.78. The van der Waals surface area contributed by atoms with Crippen LogP contribution in [0.25, 0.3) is 0 Å². The van der Waals surface area contributed by atoms with Crippen LogP contribution in [0.2, 0.25) is 0 Å². The van der Waals surface area contributed by atoms with Crippen LogP contribution in [0.5, 0.6) is 0 Å². The van der Waals surface area contributed by atoms with Gasteiger partial charge in [-0.1, -0.05) is 20.8 Å². The first-order chi connectivity index (χ1) is 11.9. The molecule has 7 nitrogen and oxygen atoms in total. The fourth-order valence-electron chi connectivity index (χ4n) is 2.32. The molecule has 26 heavy (non-hydrogen) atoms. The lowest BCUT2D eigenvalue weighted by atomic mass is 9.94. The Bertz CT molecular complexity index is 686. The van der Waals surface area contributed by atoms with E-state index in [0.717, 1.165) is 37.7 Å². The number of nitrogens with one attached hydrogen (secondary N) is 2. The summed E-state index contributed by atoms with van der Waals surface area (Å²) < 4.78 is 7.61. The summed E-state index contributed by atoms with van der Waals surface area (Å²) in [6.07, 6.45) is 7.76. The third kappa shape index (κ3) is 7.35. The van der Waals surface area contributed by atoms with Gasteiger partial charge in [0, 0.05) is 31.7 Å². The first-order valence-corrected chi connectivity index (χ1v) is 8.83. The van der Waals surface area contributed by atoms with E-state index in [1.165, 1.54) is 5.56 Å². The van der Waals surface area contributed by atoms with Crippen molar-refractivity contribution < 1.29 is 4.42 Å². The lowest BCUT2D eigenvalue weighted by molar-refractivity contribution is 0.383. The second-order valence-corrected chi connectivity index (χ2v) is 7.12. The van der Waals surface area contributed by atoms with Crippen LogP contribution in [0, 0.1) is 0 Å². The highest BCUT2D eigenvalue weighted by molar-refractivity contribution is 14.0. The maximum atomic E-state index is 5.78. The molecule has 0 saturated heterocycles. The van der Waals surface area contributed by atoms with E-state index < -0.39 is 0 Å². The summed E-state index contributed by atoms with van der Waals surface area (Å²) in [5, 5.41) is 10.8. The molecule has 0 amide bonds. The molecular weight excluding hydrogens is 443 g/mol. The number of hydrogen-bond acceptors (Lipinski definition) is 4. The molecular formula is C18H31IN6O. The molecule has 0 unspecified atom stereocenters. The molecule has 0 aliphatic rings. The Morgan fingerprint density at radius 1 is 1.27 bits per heavy atom. The summed E-state index contributed by atoms with van der Waals surface area (Å²) in [4.78, 5) is 8.86. The first-order valence-electron chi connectivity index (χ1n) is 8.83. The highest BCUT2D eigenvalue weighted by Gasteiger charge is 2.18. The average molecular weight is 474 g/mol. The van der Waals surface area contributed by atoms with Gasteiger partial charge in [-0.2, -0.15) is 5.10 Å². The van der Waals surface area contributed by atoms with Crippen molar-refractivity contribution in [1.29, 1.82) is 0 Å². The van der Waals surface area contributed by atoms with Gasteiger partial charge >= 0.3 is 0 Å². The summed E-state index contributed by atoms with van der Waals surface area (Å²) in [5.41, 5.74) is 1.21. The quantitative estimate of drug-likeness (QED) is 0.279. The normalized spacial score (nSPS) is 12.0. The number of oxazole rings is 1. The molecule has 2 aromatic rings. The molecule has 8 heteroatoms. The van der Waals surface area contributed by atoms with Gasteiger partial charge in [-0.05, 0) is 25.3 Å². The molecule has 0 bridgehead atoms. The molecule has 0 saturated carbocycles. The van der Waals surface area contributed by atoms with E-state index in [2.05, 4.69) is 59.6 Å². The van der Waals surface area contributed by atoms with Crippen molar-refractivity contribution >= 4 is 29.9 Å². The van der Waals surface area contributed by atoms with Crippen molar-refractivity contribution in [2.45, 2.75) is 52.5 Å². The molecule has 0 aliphatic heterocycles. The van der Waals surface area contributed by atoms with Gasteiger partial charge in [0.2, 0.25) is 5.89 Å². The Labute approximate surface area is 173 Å². The third-order valence-electron chi connectivity index (χ3n) is 3.70. The molecule has 0 radical (unpaired) electrons. The SMILES string of the molecule is CCNC(=NCc1ncc(C(C)(C)C)o1)NCCCc1cnn(C)c1.I. The summed E-state index contributed by atoms with van der Waals surface area (Å²) in [6, 6.07) is 0. The Kier molecular flexibility index (Phi) is 9.11. The molecule has 0 fully saturated rings. The number of rotatable bonds is 7. The molecule has 0 aliphatic carbocycles. The fraction of sp³-hybridized carbons (Fsp3) is 0.611. The fourth-order valence-corrected chi connectivity index (χ4v) is 2.32. The summed E-state index contributed by atoms with van der Waals surface area (Å²) in [7, 11) is 1.94. The molecule has 2 N–H and O–H groups in total. The number of aromatic nitrogens is 3. The minimum absolute atomic E-state index is 0. The zero-order valence-electron chi connectivity index (χ0n) is 16.4. The summed E-state index contributed by atoms with van der Waals surface area (Å²) >= 11 is 0. The van der Waals surface area contributed by atoms with Crippen molar-refractivity contribution in [2.24, 2.45) is 12.0 Å². The van der Waals surface area contributed by atoms with Crippen LogP contribution in [-0.2, 0) is 25.4 Å². The number of aliphatic imine (C=N–C) groups is 1. The van der Waals surface area contributed by atoms with Crippen molar-refractivity contribution in [3.63, 3.8) is 0 Å². The molecule has 0 atom stereocenters. The average Bonchev–Trinajstić information content (AvgIpc) is 3.17. The van der Waals surface area contributed by atoms with Crippen LogP contribution in [0.3, 0.4) is 0 Å². The van der Waals surface area contributed by atoms with Gasteiger partial charge in [-0.3, -0.25) is 4.68 Å². The molecule has 146 valence electrons. The second-order valence-electron chi connectivity index (χ2n) is 7.12. The highest BCUT2D eigenvalue weighted by Crippen LogP contribution is 2.22. The van der Waals surface area contributed by atoms with Crippen molar-refractivity contribution in [2.75, 3.05) is 13.1 Å². The smallest absolute Gasteiger partial charge is 0.216 e. The van der Waals surface area contributed by atoms with Crippen molar-refractivity contribution in [1.82, 2.24) is 25.4 Å². The first kappa shape index (κ1) is 22.5. The van der Waals surface area contributed by atoms with E-state index >= 15 is 0 Å².